The number of thioether (sulfide) groups is 1. The second-order valence-electron chi connectivity index (χ2n) is 5.90. The molecule has 1 fully saturated rings. The molecule has 2 heterocycles. The van der Waals surface area contributed by atoms with Crippen LogP contribution in [-0.2, 0) is 11.2 Å². The molecule has 1 atom stereocenters. The summed E-state index contributed by atoms with van der Waals surface area (Å²) >= 11 is 1.36. The molecule has 1 saturated heterocycles. The van der Waals surface area contributed by atoms with Crippen molar-refractivity contribution in [2.45, 2.75) is 30.8 Å². The van der Waals surface area contributed by atoms with Crippen molar-refractivity contribution < 1.29 is 18.3 Å². The maximum atomic E-state index is 14.2. The zero-order valence-electron chi connectivity index (χ0n) is 14.3. The number of hydrogen-bond acceptors (Lipinski definition) is 5. The van der Waals surface area contributed by atoms with Gasteiger partial charge in [0.2, 0.25) is 11.7 Å². The fourth-order valence-corrected chi connectivity index (χ4v) is 3.49. The van der Waals surface area contributed by atoms with Crippen LogP contribution in [0.15, 0.2) is 35.5 Å². The average Bonchev–Trinajstić information content (AvgIpc) is 3.11. The topological polar surface area (TPSA) is 55.3 Å². The van der Waals surface area contributed by atoms with Crippen LogP contribution < -0.4 is 4.74 Å². The minimum absolute atomic E-state index is 0.0252. The van der Waals surface area contributed by atoms with E-state index >= 15 is 0 Å². The minimum atomic E-state index is -0.536. The van der Waals surface area contributed by atoms with Gasteiger partial charge in [0, 0.05) is 17.9 Å². The molecule has 1 aliphatic heterocycles. The molecule has 138 valence electrons. The van der Waals surface area contributed by atoms with Gasteiger partial charge < -0.3 is 9.64 Å². The number of benzene rings is 1. The van der Waals surface area contributed by atoms with Crippen LogP contribution in [0.5, 0.6) is 5.88 Å². The number of hydrogen-bond donors (Lipinski definition) is 0. The molecule has 5 nitrogen and oxygen atoms in total. The van der Waals surface area contributed by atoms with Crippen LogP contribution in [-0.4, -0.2) is 45.7 Å². The van der Waals surface area contributed by atoms with Gasteiger partial charge in [0.25, 0.3) is 5.88 Å². The van der Waals surface area contributed by atoms with Crippen LogP contribution in [0, 0.1) is 11.6 Å². The van der Waals surface area contributed by atoms with Crippen molar-refractivity contribution in [2.75, 3.05) is 18.8 Å². The Bertz CT molecular complexity index is 774. The molecule has 1 aromatic carbocycles. The molecule has 1 unspecified atom stereocenters. The van der Waals surface area contributed by atoms with Crippen molar-refractivity contribution in [1.29, 1.82) is 0 Å². The summed E-state index contributed by atoms with van der Waals surface area (Å²) in [5.41, 5.74) is 0.316. The number of aryl methyl sites for hydroxylation is 1. The van der Waals surface area contributed by atoms with E-state index in [1.54, 1.807) is 17.0 Å². The summed E-state index contributed by atoms with van der Waals surface area (Å²) in [5.74, 6) is -0.657. The summed E-state index contributed by atoms with van der Waals surface area (Å²) in [4.78, 5) is 22.6. The zero-order valence-corrected chi connectivity index (χ0v) is 15.1. The molecular weight excluding hydrogens is 360 g/mol. The number of carbonyl (C=O) groups excluding carboxylic acids is 1. The molecule has 0 bridgehead atoms. The Balaban J connectivity index is 1.51. The van der Waals surface area contributed by atoms with Crippen LogP contribution >= 0.6 is 11.8 Å². The summed E-state index contributed by atoms with van der Waals surface area (Å²) in [6.07, 6.45) is 2.08. The first-order valence-electron chi connectivity index (χ1n) is 8.39. The third-order valence-electron chi connectivity index (χ3n) is 4.12. The molecule has 1 amide bonds. The Kier molecular flexibility index (Phi) is 6.03. The van der Waals surface area contributed by atoms with Crippen molar-refractivity contribution in [3.63, 3.8) is 0 Å². The van der Waals surface area contributed by atoms with E-state index < -0.39 is 5.82 Å². The second kappa shape index (κ2) is 8.44. The van der Waals surface area contributed by atoms with E-state index in [0.717, 1.165) is 4.90 Å². The van der Waals surface area contributed by atoms with E-state index in [1.807, 2.05) is 6.92 Å². The lowest BCUT2D eigenvalue weighted by atomic mass is 10.3. The molecule has 0 aliphatic carbocycles. The molecule has 0 spiro atoms. The summed E-state index contributed by atoms with van der Waals surface area (Å²) < 4.78 is 32.7. The van der Waals surface area contributed by atoms with E-state index in [-0.39, 0.29) is 29.5 Å². The number of carbonyl (C=O) groups is 1. The summed E-state index contributed by atoms with van der Waals surface area (Å²) in [6.45, 7) is 2.76. The maximum absolute atomic E-state index is 14.2. The average molecular weight is 379 g/mol. The normalized spacial score (nSPS) is 16.7. The molecule has 0 saturated carbocycles. The standard InChI is InChI=1S/C18H19F2N3O2S/c1-2-15-17(20)18(22-11-21-15)25-13-7-8-23(9-13)16(24)10-26-14-5-3-12(19)4-6-14/h3-6,11,13H,2,7-10H2,1H3. The van der Waals surface area contributed by atoms with Crippen molar-refractivity contribution in [1.82, 2.24) is 14.9 Å². The van der Waals surface area contributed by atoms with Gasteiger partial charge in [-0.05, 0) is 30.7 Å². The van der Waals surface area contributed by atoms with Gasteiger partial charge >= 0.3 is 0 Å². The lowest BCUT2D eigenvalue weighted by Gasteiger charge is -2.17. The van der Waals surface area contributed by atoms with Crippen molar-refractivity contribution in [2.24, 2.45) is 0 Å². The molecule has 26 heavy (non-hydrogen) atoms. The van der Waals surface area contributed by atoms with Gasteiger partial charge in [0.15, 0.2) is 0 Å². The lowest BCUT2D eigenvalue weighted by Crippen LogP contribution is -2.32. The Morgan fingerprint density at radius 2 is 2.08 bits per heavy atom. The number of likely N-dealkylation sites (tertiary alicyclic amines) is 1. The predicted octanol–water partition coefficient (Wildman–Crippen LogP) is 3.09. The van der Waals surface area contributed by atoms with Crippen LogP contribution in [0.2, 0.25) is 0 Å². The Morgan fingerprint density at radius 1 is 1.31 bits per heavy atom. The Morgan fingerprint density at radius 3 is 2.81 bits per heavy atom. The van der Waals surface area contributed by atoms with E-state index in [1.165, 1.54) is 30.2 Å². The van der Waals surface area contributed by atoms with Gasteiger partial charge in [0.1, 0.15) is 18.2 Å². The largest absolute Gasteiger partial charge is 0.470 e. The highest BCUT2D eigenvalue weighted by atomic mass is 32.2. The van der Waals surface area contributed by atoms with Gasteiger partial charge in [-0.2, -0.15) is 9.37 Å². The molecule has 1 aliphatic rings. The zero-order chi connectivity index (χ0) is 18.5. The minimum Gasteiger partial charge on any atom is -0.470 e. The van der Waals surface area contributed by atoms with Crippen molar-refractivity contribution >= 4 is 17.7 Å². The van der Waals surface area contributed by atoms with Gasteiger partial charge in [-0.25, -0.2) is 9.37 Å². The van der Waals surface area contributed by atoms with Crippen molar-refractivity contribution in [3.8, 4) is 5.88 Å². The van der Waals surface area contributed by atoms with Gasteiger partial charge in [0.05, 0.1) is 18.0 Å². The molecule has 2 aromatic rings. The van der Waals surface area contributed by atoms with Gasteiger partial charge in [-0.3, -0.25) is 4.79 Å². The summed E-state index contributed by atoms with van der Waals surface area (Å²) in [7, 11) is 0. The molecule has 1 aromatic heterocycles. The highest BCUT2D eigenvalue weighted by Crippen LogP contribution is 2.23. The fraction of sp³-hybridized carbons (Fsp3) is 0.389. The highest BCUT2D eigenvalue weighted by Gasteiger charge is 2.28. The van der Waals surface area contributed by atoms with E-state index in [4.69, 9.17) is 4.74 Å². The van der Waals surface area contributed by atoms with Crippen LogP contribution in [0.25, 0.3) is 0 Å². The SMILES string of the molecule is CCc1ncnc(OC2CCN(C(=O)CSc3ccc(F)cc3)C2)c1F. The van der Waals surface area contributed by atoms with Crippen LogP contribution in [0.3, 0.4) is 0 Å². The first kappa shape index (κ1) is 18.6. The smallest absolute Gasteiger partial charge is 0.254 e. The number of ether oxygens (including phenoxy) is 1. The lowest BCUT2D eigenvalue weighted by molar-refractivity contribution is -0.127. The summed E-state index contributed by atoms with van der Waals surface area (Å²) in [6, 6.07) is 6.03. The number of rotatable bonds is 6. The van der Waals surface area contributed by atoms with E-state index in [0.29, 0.717) is 31.6 Å². The number of halogens is 2. The molecule has 8 heteroatoms. The maximum Gasteiger partial charge on any atom is 0.254 e. The third-order valence-corrected chi connectivity index (χ3v) is 5.11. The van der Waals surface area contributed by atoms with Gasteiger partial charge in [-0.1, -0.05) is 6.92 Å². The number of nitrogens with zero attached hydrogens (tertiary/aromatic N) is 3. The number of aromatic nitrogens is 2. The molecule has 0 N–H and O–H groups in total. The second-order valence-corrected chi connectivity index (χ2v) is 6.95. The van der Waals surface area contributed by atoms with E-state index in [2.05, 4.69) is 9.97 Å². The van der Waals surface area contributed by atoms with Crippen LogP contribution in [0.1, 0.15) is 19.0 Å². The molecule has 3 rings (SSSR count). The summed E-state index contributed by atoms with van der Waals surface area (Å²) in [5, 5.41) is 0. The Labute approximate surface area is 154 Å². The predicted molar refractivity (Wildman–Crippen MR) is 94.1 cm³/mol. The molecule has 0 radical (unpaired) electrons. The third kappa shape index (κ3) is 4.49. The van der Waals surface area contributed by atoms with Crippen LogP contribution in [0.4, 0.5) is 8.78 Å². The fourth-order valence-electron chi connectivity index (χ4n) is 2.69. The first-order valence-corrected chi connectivity index (χ1v) is 9.37. The molecular formula is C18H19F2N3O2S. The number of amides is 1. The first-order chi connectivity index (χ1) is 12.6. The van der Waals surface area contributed by atoms with Crippen molar-refractivity contribution in [3.05, 3.63) is 47.9 Å². The highest BCUT2D eigenvalue weighted by molar-refractivity contribution is 8.00. The Hall–Kier alpha value is -2.22. The monoisotopic (exact) mass is 379 g/mol. The van der Waals surface area contributed by atoms with E-state index in [9.17, 15) is 13.6 Å². The quantitative estimate of drug-likeness (QED) is 0.722. The van der Waals surface area contributed by atoms with Gasteiger partial charge in [-0.15, -0.1) is 11.8 Å².